The van der Waals surface area contributed by atoms with Crippen LogP contribution in [-0.2, 0) is 4.74 Å². The van der Waals surface area contributed by atoms with Crippen molar-refractivity contribution in [1.82, 2.24) is 9.78 Å². The number of carbonyl (C=O) groups is 2. The van der Waals surface area contributed by atoms with Crippen LogP contribution in [0.25, 0.3) is 5.69 Å². The van der Waals surface area contributed by atoms with E-state index in [0.29, 0.717) is 16.4 Å². The third-order valence-corrected chi connectivity index (χ3v) is 4.82. The molecule has 1 aromatic carbocycles. The molecule has 0 unspecified atom stereocenters. The van der Waals surface area contributed by atoms with Crippen molar-refractivity contribution in [1.29, 1.82) is 0 Å². The van der Waals surface area contributed by atoms with Gasteiger partial charge < -0.3 is 10.1 Å². The average molecular weight is 404 g/mol. The Kier molecular flexibility index (Phi) is 5.38. The van der Waals surface area contributed by atoms with Crippen molar-refractivity contribution in [2.24, 2.45) is 0 Å². The number of thiophene rings is 1. The number of aryl methyl sites for hydroxylation is 1. The van der Waals surface area contributed by atoms with Gasteiger partial charge in [0.15, 0.2) is 5.69 Å². The number of esters is 1. The highest BCUT2D eigenvalue weighted by Gasteiger charge is 2.20. The van der Waals surface area contributed by atoms with Crippen LogP contribution < -0.4 is 10.7 Å². The van der Waals surface area contributed by atoms with Crippen molar-refractivity contribution in [3.05, 3.63) is 73.3 Å². The fourth-order valence-corrected chi connectivity index (χ4v) is 3.28. The fraction of sp³-hybridized carbons (Fsp3) is 0.111. The number of hydrogen-bond acceptors (Lipinski definition) is 6. The lowest BCUT2D eigenvalue weighted by Gasteiger charge is -2.11. The number of nitrogens with zero attached hydrogens (tertiary/aromatic N) is 2. The SMILES string of the molecule is COC(=O)c1sccc1NC(=O)c1nn(-c2ccc(Cl)cc2)c(C)cc1=O. The van der Waals surface area contributed by atoms with E-state index in [1.807, 2.05) is 0 Å². The predicted molar refractivity (Wildman–Crippen MR) is 103 cm³/mol. The molecule has 0 spiro atoms. The van der Waals surface area contributed by atoms with Crippen LogP contribution in [-0.4, -0.2) is 28.8 Å². The summed E-state index contributed by atoms with van der Waals surface area (Å²) in [6.45, 7) is 1.71. The summed E-state index contributed by atoms with van der Waals surface area (Å²) >= 11 is 7.02. The molecular formula is C18H14ClN3O4S. The summed E-state index contributed by atoms with van der Waals surface area (Å²) in [5.74, 6) is -1.29. The van der Waals surface area contributed by atoms with Crippen LogP contribution >= 0.6 is 22.9 Å². The van der Waals surface area contributed by atoms with E-state index in [1.54, 1.807) is 42.6 Å². The van der Waals surface area contributed by atoms with E-state index in [1.165, 1.54) is 17.9 Å². The Morgan fingerprint density at radius 1 is 1.22 bits per heavy atom. The molecule has 0 fully saturated rings. The Balaban J connectivity index is 1.97. The normalized spacial score (nSPS) is 10.5. The fourth-order valence-electron chi connectivity index (χ4n) is 2.39. The molecule has 27 heavy (non-hydrogen) atoms. The zero-order valence-electron chi connectivity index (χ0n) is 14.4. The Morgan fingerprint density at radius 2 is 1.93 bits per heavy atom. The highest BCUT2D eigenvalue weighted by atomic mass is 35.5. The van der Waals surface area contributed by atoms with Crippen molar-refractivity contribution in [3.63, 3.8) is 0 Å². The molecule has 3 aromatic rings. The summed E-state index contributed by atoms with van der Waals surface area (Å²) in [5.41, 5.74) is 0.653. The Morgan fingerprint density at radius 3 is 2.59 bits per heavy atom. The van der Waals surface area contributed by atoms with E-state index in [-0.39, 0.29) is 16.3 Å². The number of hydrogen-bond donors (Lipinski definition) is 1. The number of halogens is 1. The second-order valence-corrected chi connectivity index (χ2v) is 6.85. The summed E-state index contributed by atoms with van der Waals surface area (Å²) in [6, 6.07) is 9.70. The van der Waals surface area contributed by atoms with E-state index in [4.69, 9.17) is 11.6 Å². The monoisotopic (exact) mass is 403 g/mol. The number of anilines is 1. The molecule has 0 saturated carbocycles. The largest absolute Gasteiger partial charge is 0.465 e. The minimum absolute atomic E-state index is 0.232. The maximum atomic E-state index is 12.6. The Labute approximate surface area is 163 Å². The molecule has 0 bridgehead atoms. The van der Waals surface area contributed by atoms with Gasteiger partial charge in [-0.1, -0.05) is 11.6 Å². The van der Waals surface area contributed by atoms with Gasteiger partial charge in [-0.15, -0.1) is 11.3 Å². The Hall–Kier alpha value is -2.97. The third-order valence-electron chi connectivity index (χ3n) is 3.68. The van der Waals surface area contributed by atoms with Gasteiger partial charge in [0.2, 0.25) is 5.43 Å². The number of rotatable bonds is 4. The van der Waals surface area contributed by atoms with Crippen LogP contribution in [0.2, 0.25) is 5.02 Å². The quantitative estimate of drug-likeness (QED) is 0.675. The topological polar surface area (TPSA) is 90.3 Å². The predicted octanol–water partition coefficient (Wildman–Crippen LogP) is 3.29. The molecule has 138 valence electrons. The summed E-state index contributed by atoms with van der Waals surface area (Å²) in [6.07, 6.45) is 0. The standard InChI is InChI=1S/C18H14ClN3O4S/c1-10-9-14(23)15(21-22(10)12-5-3-11(19)4-6-12)17(24)20-13-7-8-27-16(13)18(25)26-2/h3-9H,1-2H3,(H,20,24). The summed E-state index contributed by atoms with van der Waals surface area (Å²) in [7, 11) is 1.25. The lowest BCUT2D eigenvalue weighted by Crippen LogP contribution is -2.27. The van der Waals surface area contributed by atoms with Crippen LogP contribution in [0.5, 0.6) is 0 Å². The molecule has 3 rings (SSSR count). The number of nitrogens with one attached hydrogen (secondary N) is 1. The second kappa shape index (κ2) is 7.73. The first-order valence-corrected chi connectivity index (χ1v) is 9.00. The molecule has 7 nitrogen and oxygen atoms in total. The van der Waals surface area contributed by atoms with Gasteiger partial charge in [-0.2, -0.15) is 5.10 Å². The highest BCUT2D eigenvalue weighted by molar-refractivity contribution is 7.12. The van der Waals surface area contributed by atoms with Gasteiger partial charge in [-0.25, -0.2) is 9.48 Å². The van der Waals surface area contributed by atoms with Crippen LogP contribution in [0, 0.1) is 6.92 Å². The van der Waals surface area contributed by atoms with Crippen molar-refractivity contribution < 1.29 is 14.3 Å². The lowest BCUT2D eigenvalue weighted by atomic mass is 10.2. The molecule has 2 aromatic heterocycles. The van der Waals surface area contributed by atoms with Crippen LogP contribution in [0.15, 0.2) is 46.6 Å². The van der Waals surface area contributed by atoms with Gasteiger partial charge in [0.05, 0.1) is 18.5 Å². The van der Waals surface area contributed by atoms with Gasteiger partial charge in [-0.3, -0.25) is 9.59 Å². The molecule has 0 atom stereocenters. The summed E-state index contributed by atoms with van der Waals surface area (Å²) in [5, 5.41) is 8.92. The molecule has 0 aliphatic heterocycles. The van der Waals surface area contributed by atoms with Crippen molar-refractivity contribution in [2.75, 3.05) is 12.4 Å². The van der Waals surface area contributed by atoms with Crippen molar-refractivity contribution in [2.45, 2.75) is 6.92 Å². The molecular weight excluding hydrogens is 390 g/mol. The number of ether oxygens (including phenoxy) is 1. The first-order valence-electron chi connectivity index (χ1n) is 7.75. The van der Waals surface area contributed by atoms with Crippen LogP contribution in [0.3, 0.4) is 0 Å². The molecule has 0 aliphatic rings. The van der Waals surface area contributed by atoms with E-state index in [2.05, 4.69) is 15.2 Å². The first kappa shape index (κ1) is 18.8. The zero-order valence-corrected chi connectivity index (χ0v) is 15.9. The lowest BCUT2D eigenvalue weighted by molar-refractivity contribution is 0.0607. The van der Waals surface area contributed by atoms with E-state index >= 15 is 0 Å². The van der Waals surface area contributed by atoms with Gasteiger partial charge >= 0.3 is 5.97 Å². The van der Waals surface area contributed by atoms with Gasteiger partial charge in [0.1, 0.15) is 4.88 Å². The molecule has 0 radical (unpaired) electrons. The summed E-state index contributed by atoms with van der Waals surface area (Å²) < 4.78 is 6.15. The minimum atomic E-state index is -0.716. The smallest absolute Gasteiger partial charge is 0.350 e. The van der Waals surface area contributed by atoms with E-state index in [9.17, 15) is 14.4 Å². The van der Waals surface area contributed by atoms with E-state index in [0.717, 1.165) is 11.3 Å². The third kappa shape index (κ3) is 3.91. The van der Waals surface area contributed by atoms with Gasteiger partial charge in [0.25, 0.3) is 5.91 Å². The number of amides is 1. The average Bonchev–Trinajstić information content (AvgIpc) is 3.10. The minimum Gasteiger partial charge on any atom is -0.465 e. The van der Waals surface area contributed by atoms with Crippen molar-refractivity contribution >= 4 is 40.5 Å². The number of carbonyl (C=O) groups excluding carboxylic acids is 2. The van der Waals surface area contributed by atoms with E-state index < -0.39 is 17.3 Å². The van der Waals surface area contributed by atoms with Crippen molar-refractivity contribution in [3.8, 4) is 5.69 Å². The number of benzene rings is 1. The molecule has 9 heteroatoms. The molecule has 2 heterocycles. The molecule has 0 saturated heterocycles. The molecule has 1 N–H and O–H groups in total. The zero-order chi connectivity index (χ0) is 19.6. The molecule has 1 amide bonds. The van der Waals surface area contributed by atoms with Gasteiger partial charge in [0, 0.05) is 16.8 Å². The first-order chi connectivity index (χ1) is 12.9. The highest BCUT2D eigenvalue weighted by Crippen LogP contribution is 2.23. The molecule has 0 aliphatic carbocycles. The summed E-state index contributed by atoms with van der Waals surface area (Å²) in [4.78, 5) is 36.8. The number of aromatic nitrogens is 2. The van der Waals surface area contributed by atoms with Crippen LogP contribution in [0.1, 0.15) is 25.9 Å². The second-order valence-electron chi connectivity index (χ2n) is 5.50. The van der Waals surface area contributed by atoms with Gasteiger partial charge in [-0.05, 0) is 42.6 Å². The maximum absolute atomic E-state index is 12.6. The van der Waals surface area contributed by atoms with Crippen LogP contribution in [0.4, 0.5) is 5.69 Å². The maximum Gasteiger partial charge on any atom is 0.350 e. The number of methoxy groups -OCH3 is 1. The Bertz CT molecular complexity index is 1070.